The summed E-state index contributed by atoms with van der Waals surface area (Å²) in [6.45, 7) is 4.67. The van der Waals surface area contributed by atoms with Crippen molar-refractivity contribution in [3.63, 3.8) is 0 Å². The lowest BCUT2D eigenvalue weighted by Crippen LogP contribution is -2.04. The third-order valence-corrected chi connectivity index (χ3v) is 3.88. The van der Waals surface area contributed by atoms with Gasteiger partial charge in [-0.1, -0.05) is 25.1 Å². The van der Waals surface area contributed by atoms with Gasteiger partial charge in [-0.25, -0.2) is 0 Å². The highest BCUT2D eigenvalue weighted by molar-refractivity contribution is 9.10. The number of halogens is 1. The van der Waals surface area contributed by atoms with Gasteiger partial charge in [0.25, 0.3) is 0 Å². The number of ether oxygens (including phenoxy) is 1. The van der Waals surface area contributed by atoms with Crippen LogP contribution in [0.1, 0.15) is 23.9 Å². The van der Waals surface area contributed by atoms with Crippen LogP contribution < -0.4 is 4.74 Å². The van der Waals surface area contributed by atoms with E-state index in [1.165, 1.54) is 0 Å². The van der Waals surface area contributed by atoms with Crippen LogP contribution in [-0.2, 0) is 20.1 Å². The van der Waals surface area contributed by atoms with Gasteiger partial charge < -0.3 is 4.74 Å². The molecule has 0 spiro atoms. The molecule has 1 aromatic heterocycles. The fourth-order valence-corrected chi connectivity index (χ4v) is 2.57. The average Bonchev–Trinajstić information content (AvgIpc) is 2.64. The summed E-state index contributed by atoms with van der Waals surface area (Å²) in [5.41, 5.74) is 3.28. The first-order chi connectivity index (χ1) is 8.63. The summed E-state index contributed by atoms with van der Waals surface area (Å²) in [6, 6.07) is 8.03. The Morgan fingerprint density at radius 1 is 1.33 bits per heavy atom. The van der Waals surface area contributed by atoms with E-state index < -0.39 is 0 Å². The van der Waals surface area contributed by atoms with Crippen LogP contribution in [0, 0.1) is 6.92 Å². The van der Waals surface area contributed by atoms with Gasteiger partial charge in [-0.3, -0.25) is 4.68 Å². The van der Waals surface area contributed by atoms with E-state index in [0.717, 1.165) is 33.6 Å². The van der Waals surface area contributed by atoms with E-state index in [1.807, 2.05) is 42.9 Å². The fourth-order valence-electron chi connectivity index (χ4n) is 1.84. The average molecular weight is 309 g/mol. The van der Waals surface area contributed by atoms with Gasteiger partial charge in [0.2, 0.25) is 0 Å². The highest BCUT2D eigenvalue weighted by Gasteiger charge is 2.13. The summed E-state index contributed by atoms with van der Waals surface area (Å²) in [7, 11) is 1.94. The molecule has 0 atom stereocenters. The van der Waals surface area contributed by atoms with Gasteiger partial charge in [0, 0.05) is 7.05 Å². The highest BCUT2D eigenvalue weighted by atomic mass is 79.9. The Bertz CT molecular complexity index is 549. The molecule has 0 bridgehead atoms. The molecule has 0 aliphatic rings. The number of nitrogens with zero attached hydrogens (tertiary/aromatic N) is 2. The summed E-state index contributed by atoms with van der Waals surface area (Å²) < 4.78 is 8.78. The van der Waals surface area contributed by atoms with Crippen molar-refractivity contribution in [3.8, 4) is 5.75 Å². The molecule has 1 aromatic carbocycles. The van der Waals surface area contributed by atoms with Gasteiger partial charge in [-0.05, 0) is 40.9 Å². The zero-order valence-corrected chi connectivity index (χ0v) is 12.5. The first-order valence-electron chi connectivity index (χ1n) is 6.02. The van der Waals surface area contributed by atoms with Crippen molar-refractivity contribution in [2.24, 2.45) is 7.05 Å². The maximum absolute atomic E-state index is 5.85. The summed E-state index contributed by atoms with van der Waals surface area (Å²) in [5, 5.41) is 4.45. The number of aromatic nitrogens is 2. The smallest absolute Gasteiger partial charge is 0.131 e. The summed E-state index contributed by atoms with van der Waals surface area (Å²) >= 11 is 3.59. The van der Waals surface area contributed by atoms with Gasteiger partial charge >= 0.3 is 0 Å². The third kappa shape index (κ3) is 2.58. The molecule has 0 saturated heterocycles. The zero-order chi connectivity index (χ0) is 13.1. The van der Waals surface area contributed by atoms with E-state index in [4.69, 9.17) is 4.74 Å². The quantitative estimate of drug-likeness (QED) is 0.862. The molecule has 18 heavy (non-hydrogen) atoms. The van der Waals surface area contributed by atoms with Gasteiger partial charge in [-0.2, -0.15) is 5.10 Å². The van der Waals surface area contributed by atoms with Gasteiger partial charge in [-0.15, -0.1) is 0 Å². The summed E-state index contributed by atoms with van der Waals surface area (Å²) in [6.07, 6.45) is 0.915. The molecule has 3 nitrogen and oxygen atoms in total. The second-order valence-corrected chi connectivity index (χ2v) is 5.03. The van der Waals surface area contributed by atoms with Crippen LogP contribution in [0.2, 0.25) is 0 Å². The second kappa shape index (κ2) is 5.57. The van der Waals surface area contributed by atoms with Crippen molar-refractivity contribution < 1.29 is 4.74 Å². The normalized spacial score (nSPS) is 10.7. The van der Waals surface area contributed by atoms with Crippen LogP contribution in [0.25, 0.3) is 0 Å². The first-order valence-corrected chi connectivity index (χ1v) is 6.81. The van der Waals surface area contributed by atoms with E-state index in [9.17, 15) is 0 Å². The molecule has 0 aliphatic heterocycles. The second-order valence-electron chi connectivity index (χ2n) is 4.24. The monoisotopic (exact) mass is 308 g/mol. The van der Waals surface area contributed by atoms with E-state index in [-0.39, 0.29) is 0 Å². The molecule has 0 unspecified atom stereocenters. The minimum atomic E-state index is 0.523. The standard InChI is InChI=1S/C14H17BrN2O/c1-4-11-14(15)12(17(3)16-11)9-18-13-8-6-5-7-10(13)2/h5-8H,4,9H2,1-3H3. The number of rotatable bonds is 4. The van der Waals surface area contributed by atoms with Gasteiger partial charge in [0.05, 0.1) is 15.9 Å². The molecule has 0 saturated carbocycles. The van der Waals surface area contributed by atoms with Crippen LogP contribution in [0.15, 0.2) is 28.7 Å². The molecule has 4 heteroatoms. The minimum Gasteiger partial charge on any atom is -0.487 e. The third-order valence-electron chi connectivity index (χ3n) is 2.96. The van der Waals surface area contributed by atoms with Crippen LogP contribution in [-0.4, -0.2) is 9.78 Å². The van der Waals surface area contributed by atoms with Crippen LogP contribution in [0.3, 0.4) is 0 Å². The molecule has 1 heterocycles. The lowest BCUT2D eigenvalue weighted by atomic mass is 10.2. The maximum Gasteiger partial charge on any atom is 0.131 e. The van der Waals surface area contributed by atoms with Crippen molar-refractivity contribution >= 4 is 15.9 Å². The Balaban J connectivity index is 2.16. The number of benzene rings is 1. The molecule has 2 rings (SSSR count). The zero-order valence-electron chi connectivity index (χ0n) is 10.9. The van der Waals surface area contributed by atoms with Crippen LogP contribution in [0.5, 0.6) is 5.75 Å². The lowest BCUT2D eigenvalue weighted by molar-refractivity contribution is 0.292. The predicted molar refractivity (Wildman–Crippen MR) is 75.8 cm³/mol. The molecule has 0 amide bonds. The topological polar surface area (TPSA) is 27.1 Å². The Labute approximate surface area is 116 Å². The molecular formula is C14H17BrN2O. The molecule has 0 fully saturated rings. The maximum atomic E-state index is 5.85. The van der Waals surface area contributed by atoms with Gasteiger partial charge in [0.1, 0.15) is 12.4 Å². The molecular weight excluding hydrogens is 292 g/mol. The highest BCUT2D eigenvalue weighted by Crippen LogP contribution is 2.24. The Morgan fingerprint density at radius 3 is 2.67 bits per heavy atom. The van der Waals surface area contributed by atoms with E-state index in [1.54, 1.807) is 0 Å². The van der Waals surface area contributed by atoms with Crippen molar-refractivity contribution in [2.75, 3.05) is 0 Å². The molecule has 2 aromatic rings. The predicted octanol–water partition coefficient (Wildman–Crippen LogP) is 3.63. The number of aryl methyl sites for hydroxylation is 3. The Hall–Kier alpha value is -1.29. The van der Waals surface area contributed by atoms with Crippen molar-refractivity contribution in [2.45, 2.75) is 26.9 Å². The van der Waals surface area contributed by atoms with E-state index >= 15 is 0 Å². The number of hydrogen-bond donors (Lipinski definition) is 0. The number of hydrogen-bond acceptors (Lipinski definition) is 2. The molecule has 96 valence electrons. The minimum absolute atomic E-state index is 0.523. The van der Waals surface area contributed by atoms with E-state index in [0.29, 0.717) is 6.61 Å². The molecule has 0 aliphatic carbocycles. The molecule has 0 radical (unpaired) electrons. The van der Waals surface area contributed by atoms with Crippen LogP contribution in [0.4, 0.5) is 0 Å². The summed E-state index contributed by atoms with van der Waals surface area (Å²) in [4.78, 5) is 0. The van der Waals surface area contributed by atoms with Crippen molar-refractivity contribution in [3.05, 3.63) is 45.7 Å². The van der Waals surface area contributed by atoms with Crippen molar-refractivity contribution in [1.82, 2.24) is 9.78 Å². The lowest BCUT2D eigenvalue weighted by Gasteiger charge is -2.09. The SMILES string of the molecule is CCc1nn(C)c(COc2ccccc2C)c1Br. The van der Waals surface area contributed by atoms with E-state index in [2.05, 4.69) is 28.0 Å². The summed E-state index contributed by atoms with van der Waals surface area (Å²) in [5.74, 6) is 0.920. The Kier molecular flexibility index (Phi) is 4.07. The van der Waals surface area contributed by atoms with Gasteiger partial charge in [0.15, 0.2) is 0 Å². The Morgan fingerprint density at radius 2 is 2.06 bits per heavy atom. The number of para-hydroxylation sites is 1. The largest absolute Gasteiger partial charge is 0.487 e. The fraction of sp³-hybridized carbons (Fsp3) is 0.357. The van der Waals surface area contributed by atoms with Crippen molar-refractivity contribution in [1.29, 1.82) is 0 Å². The first kappa shape index (κ1) is 13.1. The molecule has 0 N–H and O–H groups in total. The van der Waals surface area contributed by atoms with Crippen LogP contribution >= 0.6 is 15.9 Å².